The van der Waals surface area contributed by atoms with Crippen molar-refractivity contribution in [2.75, 3.05) is 27.2 Å². The largest absolute Gasteiger partial charge is 0.480 e. The maximum absolute atomic E-state index is 11.0. The van der Waals surface area contributed by atoms with Crippen LogP contribution < -0.4 is 5.32 Å². The molecule has 0 heterocycles. The molecular formula is C9H16N2O4. The number of amides is 1. The van der Waals surface area contributed by atoms with Gasteiger partial charge in [0.25, 0.3) is 0 Å². The third-order valence-corrected chi connectivity index (χ3v) is 1.68. The summed E-state index contributed by atoms with van der Waals surface area (Å²) in [4.78, 5) is 23.2. The van der Waals surface area contributed by atoms with Gasteiger partial charge in [0.1, 0.15) is 12.6 Å². The third-order valence-electron chi connectivity index (χ3n) is 1.68. The van der Waals surface area contributed by atoms with Crippen molar-refractivity contribution < 1.29 is 19.4 Å². The van der Waals surface area contributed by atoms with E-state index in [2.05, 4.69) is 16.6 Å². The van der Waals surface area contributed by atoms with Gasteiger partial charge < -0.3 is 15.2 Å². The van der Waals surface area contributed by atoms with Gasteiger partial charge in [0.2, 0.25) is 0 Å². The first-order chi connectivity index (χ1) is 6.99. The summed E-state index contributed by atoms with van der Waals surface area (Å²) >= 11 is 0. The number of hydrogen-bond acceptors (Lipinski definition) is 4. The number of carboxylic acids is 1. The molecule has 0 saturated carbocycles. The maximum Gasteiger partial charge on any atom is 0.407 e. The van der Waals surface area contributed by atoms with Crippen molar-refractivity contribution in [1.29, 1.82) is 0 Å². The highest BCUT2D eigenvalue weighted by atomic mass is 16.5. The van der Waals surface area contributed by atoms with Gasteiger partial charge in [0, 0.05) is 6.54 Å². The summed E-state index contributed by atoms with van der Waals surface area (Å²) in [5.41, 5.74) is 0. The summed E-state index contributed by atoms with van der Waals surface area (Å²) in [5, 5.41) is 11.1. The van der Waals surface area contributed by atoms with E-state index in [0.717, 1.165) is 0 Å². The highest BCUT2D eigenvalue weighted by Crippen LogP contribution is 1.92. The van der Waals surface area contributed by atoms with E-state index in [1.165, 1.54) is 11.0 Å². The number of carboxylic acid groups (broad SMARTS) is 1. The van der Waals surface area contributed by atoms with Gasteiger partial charge in [-0.3, -0.25) is 9.69 Å². The first-order valence-electron chi connectivity index (χ1n) is 4.39. The van der Waals surface area contributed by atoms with E-state index >= 15 is 0 Å². The van der Waals surface area contributed by atoms with Crippen molar-refractivity contribution in [1.82, 2.24) is 10.2 Å². The van der Waals surface area contributed by atoms with E-state index in [4.69, 9.17) is 5.11 Å². The Labute approximate surface area is 88.5 Å². The maximum atomic E-state index is 11.0. The van der Waals surface area contributed by atoms with Gasteiger partial charge in [-0.05, 0) is 14.1 Å². The van der Waals surface area contributed by atoms with E-state index in [1.807, 2.05) is 0 Å². The number of carbonyl (C=O) groups is 2. The predicted octanol–water partition coefficient (Wildman–Crippen LogP) is -0.0866. The lowest BCUT2D eigenvalue weighted by Crippen LogP contribution is -2.45. The fraction of sp³-hybridized carbons (Fsp3) is 0.556. The third kappa shape index (κ3) is 5.69. The van der Waals surface area contributed by atoms with Crippen LogP contribution >= 0.6 is 0 Å². The number of nitrogens with zero attached hydrogens (tertiary/aromatic N) is 1. The number of nitrogens with one attached hydrogen (secondary N) is 1. The quantitative estimate of drug-likeness (QED) is 0.607. The molecule has 86 valence electrons. The first-order valence-corrected chi connectivity index (χ1v) is 4.39. The van der Waals surface area contributed by atoms with Crippen LogP contribution in [0.5, 0.6) is 0 Å². The molecule has 0 aliphatic rings. The van der Waals surface area contributed by atoms with E-state index in [9.17, 15) is 9.59 Å². The zero-order chi connectivity index (χ0) is 11.8. The van der Waals surface area contributed by atoms with Gasteiger partial charge in [-0.25, -0.2) is 4.79 Å². The average Bonchev–Trinajstić information content (AvgIpc) is 2.13. The predicted molar refractivity (Wildman–Crippen MR) is 54.7 cm³/mol. The van der Waals surface area contributed by atoms with Crippen LogP contribution in [0.2, 0.25) is 0 Å². The molecule has 0 rings (SSSR count). The number of alkyl carbamates (subject to hydrolysis) is 1. The van der Waals surface area contributed by atoms with Gasteiger partial charge in [-0.1, -0.05) is 12.7 Å². The Morgan fingerprint density at radius 3 is 2.60 bits per heavy atom. The second-order valence-electron chi connectivity index (χ2n) is 3.09. The minimum absolute atomic E-state index is 0.00168. The zero-order valence-corrected chi connectivity index (χ0v) is 8.90. The standard InChI is InChI=1S/C9H16N2O4/c1-4-5-15-9(14)10-6-7(8(12)13)11(2)3/h4,7H,1,5-6H2,2-3H3,(H,10,14)(H,12,13)/t7-/m0/s1. The zero-order valence-electron chi connectivity index (χ0n) is 8.90. The van der Waals surface area contributed by atoms with Gasteiger partial charge in [0.15, 0.2) is 0 Å². The molecule has 2 N–H and O–H groups in total. The molecule has 0 aromatic rings. The summed E-state index contributed by atoms with van der Waals surface area (Å²) in [5.74, 6) is -0.996. The van der Waals surface area contributed by atoms with Crippen LogP contribution in [-0.2, 0) is 9.53 Å². The van der Waals surface area contributed by atoms with Crippen LogP contribution in [0.25, 0.3) is 0 Å². The molecule has 6 heteroatoms. The van der Waals surface area contributed by atoms with Crippen molar-refractivity contribution in [3.8, 4) is 0 Å². The lowest BCUT2D eigenvalue weighted by atomic mass is 10.3. The van der Waals surface area contributed by atoms with Gasteiger partial charge in [-0.2, -0.15) is 0 Å². The van der Waals surface area contributed by atoms with Gasteiger partial charge in [-0.15, -0.1) is 0 Å². The Bertz CT molecular complexity index is 240. The van der Waals surface area contributed by atoms with Crippen LogP contribution in [0.15, 0.2) is 12.7 Å². The normalized spacial score (nSPS) is 11.9. The van der Waals surface area contributed by atoms with Crippen LogP contribution in [0.3, 0.4) is 0 Å². The summed E-state index contributed by atoms with van der Waals surface area (Å²) in [6, 6.07) is -0.763. The minimum atomic E-state index is -0.996. The topological polar surface area (TPSA) is 78.9 Å². The van der Waals surface area contributed by atoms with Crippen molar-refractivity contribution in [3.05, 3.63) is 12.7 Å². The van der Waals surface area contributed by atoms with Crippen LogP contribution in [0, 0.1) is 0 Å². The smallest absolute Gasteiger partial charge is 0.407 e. The average molecular weight is 216 g/mol. The van der Waals surface area contributed by atoms with Gasteiger partial charge >= 0.3 is 12.1 Å². The van der Waals surface area contributed by atoms with Crippen LogP contribution in [0.4, 0.5) is 4.79 Å². The van der Waals surface area contributed by atoms with Crippen LogP contribution in [0.1, 0.15) is 0 Å². The number of carbonyl (C=O) groups excluding carboxylic acids is 1. The Morgan fingerprint density at radius 1 is 1.60 bits per heavy atom. The summed E-state index contributed by atoms with van der Waals surface area (Å²) in [6.07, 6.45) is 0.781. The molecule has 15 heavy (non-hydrogen) atoms. The second-order valence-corrected chi connectivity index (χ2v) is 3.09. The number of hydrogen-bond donors (Lipinski definition) is 2. The van der Waals surface area contributed by atoms with Crippen LogP contribution in [-0.4, -0.2) is 55.4 Å². The summed E-state index contributed by atoms with van der Waals surface area (Å²) in [6.45, 7) is 3.48. The molecule has 1 amide bonds. The summed E-state index contributed by atoms with van der Waals surface area (Å²) < 4.78 is 4.62. The van der Waals surface area contributed by atoms with Crippen molar-refractivity contribution in [2.24, 2.45) is 0 Å². The molecule has 1 atom stereocenters. The van der Waals surface area contributed by atoms with E-state index in [-0.39, 0.29) is 13.2 Å². The highest BCUT2D eigenvalue weighted by Gasteiger charge is 2.20. The molecule has 0 saturated heterocycles. The lowest BCUT2D eigenvalue weighted by Gasteiger charge is -2.19. The Morgan fingerprint density at radius 2 is 2.20 bits per heavy atom. The Balaban J connectivity index is 3.94. The number of ether oxygens (including phenoxy) is 1. The molecule has 0 radical (unpaired) electrons. The molecule has 0 fully saturated rings. The monoisotopic (exact) mass is 216 g/mol. The molecule has 0 aromatic heterocycles. The van der Waals surface area contributed by atoms with E-state index < -0.39 is 18.1 Å². The number of likely N-dealkylation sites (N-methyl/N-ethyl adjacent to an activating group) is 1. The molecule has 0 unspecified atom stereocenters. The fourth-order valence-electron chi connectivity index (χ4n) is 0.856. The van der Waals surface area contributed by atoms with Crippen molar-refractivity contribution >= 4 is 12.1 Å². The molecular weight excluding hydrogens is 200 g/mol. The molecule has 0 bridgehead atoms. The van der Waals surface area contributed by atoms with Crippen molar-refractivity contribution in [3.63, 3.8) is 0 Å². The Kier molecular flexibility index (Phi) is 6.12. The fourth-order valence-corrected chi connectivity index (χ4v) is 0.856. The molecule has 0 aliphatic heterocycles. The van der Waals surface area contributed by atoms with Gasteiger partial charge in [0.05, 0.1) is 0 Å². The molecule has 0 aromatic carbocycles. The number of aliphatic carboxylic acids is 1. The van der Waals surface area contributed by atoms with E-state index in [1.54, 1.807) is 14.1 Å². The minimum Gasteiger partial charge on any atom is -0.480 e. The lowest BCUT2D eigenvalue weighted by molar-refractivity contribution is -0.142. The number of rotatable bonds is 6. The molecule has 6 nitrogen and oxygen atoms in total. The summed E-state index contributed by atoms with van der Waals surface area (Å²) in [7, 11) is 3.24. The molecule has 0 spiro atoms. The van der Waals surface area contributed by atoms with E-state index in [0.29, 0.717) is 0 Å². The SMILES string of the molecule is C=CCOC(=O)NC[C@@H](C(=O)O)N(C)C. The Hall–Kier alpha value is -1.56. The second kappa shape index (κ2) is 6.83. The molecule has 0 aliphatic carbocycles. The first kappa shape index (κ1) is 13.4. The van der Waals surface area contributed by atoms with Crippen molar-refractivity contribution in [2.45, 2.75) is 6.04 Å². The highest BCUT2D eigenvalue weighted by molar-refractivity contribution is 5.75.